The molecule has 3 heterocycles. The largest absolute Gasteiger partial charge is 0.345 e. The third-order valence-corrected chi connectivity index (χ3v) is 4.87. The molecule has 3 rings (SSSR count). The fourth-order valence-corrected chi connectivity index (χ4v) is 3.58. The minimum absolute atomic E-state index is 0.114. The summed E-state index contributed by atoms with van der Waals surface area (Å²) in [5.74, 6) is 0.325. The van der Waals surface area contributed by atoms with E-state index < -0.39 is 0 Å². The Hall–Kier alpha value is -1.98. The van der Waals surface area contributed by atoms with Crippen LogP contribution in [0.1, 0.15) is 31.4 Å². The van der Waals surface area contributed by atoms with Gasteiger partial charge in [0, 0.05) is 51.7 Å². The van der Waals surface area contributed by atoms with Crippen LogP contribution in [0.4, 0.5) is 0 Å². The fraction of sp³-hybridized carbons (Fsp3) is 0.625. The number of hydrogen-bond donors (Lipinski definition) is 0. The highest BCUT2D eigenvalue weighted by Crippen LogP contribution is 2.39. The maximum absolute atomic E-state index is 12.5. The van der Waals surface area contributed by atoms with E-state index in [0.29, 0.717) is 25.9 Å². The molecule has 1 atom stereocenters. The Balaban J connectivity index is 1.58. The zero-order chi connectivity index (χ0) is 15.6. The summed E-state index contributed by atoms with van der Waals surface area (Å²) in [6.45, 7) is 2.11. The summed E-state index contributed by atoms with van der Waals surface area (Å²) in [6.07, 6.45) is 8.73. The fourth-order valence-electron chi connectivity index (χ4n) is 3.58. The van der Waals surface area contributed by atoms with E-state index in [0.717, 1.165) is 31.5 Å². The molecule has 2 aliphatic heterocycles. The average Bonchev–Trinajstić information content (AvgIpc) is 2.97. The SMILES string of the molecule is CN1CCC[C@]2(CCN(C(=O)CCc3cnccn3)C2)C1=O. The molecular formula is C16H22N4O2. The number of likely N-dealkylation sites (tertiary alicyclic amines) is 2. The van der Waals surface area contributed by atoms with Gasteiger partial charge in [0.05, 0.1) is 11.1 Å². The van der Waals surface area contributed by atoms with Gasteiger partial charge >= 0.3 is 0 Å². The molecule has 2 fully saturated rings. The Bertz CT molecular complexity index is 563. The molecule has 0 N–H and O–H groups in total. The minimum atomic E-state index is -0.324. The zero-order valence-corrected chi connectivity index (χ0v) is 13.0. The molecule has 2 amide bonds. The van der Waals surface area contributed by atoms with Gasteiger partial charge < -0.3 is 9.80 Å². The van der Waals surface area contributed by atoms with E-state index in [-0.39, 0.29) is 17.2 Å². The van der Waals surface area contributed by atoms with Crippen molar-refractivity contribution >= 4 is 11.8 Å². The maximum atomic E-state index is 12.5. The molecule has 1 aromatic rings. The standard InChI is InChI=1S/C16H22N4O2/c1-19-9-2-5-16(15(19)22)6-10-20(12-16)14(21)4-3-13-11-17-7-8-18-13/h7-8,11H,2-6,9-10,12H2,1H3/t16-/m1/s1. The number of nitrogens with zero attached hydrogens (tertiary/aromatic N) is 4. The van der Waals surface area contributed by atoms with Crippen LogP contribution in [0.25, 0.3) is 0 Å². The number of piperidine rings is 1. The molecule has 0 aromatic carbocycles. The van der Waals surface area contributed by atoms with Crippen LogP contribution in [0.2, 0.25) is 0 Å². The quantitative estimate of drug-likeness (QED) is 0.831. The Morgan fingerprint density at radius 3 is 2.95 bits per heavy atom. The second-order valence-corrected chi connectivity index (χ2v) is 6.37. The van der Waals surface area contributed by atoms with Crippen molar-refractivity contribution in [2.75, 3.05) is 26.7 Å². The highest BCUT2D eigenvalue weighted by atomic mass is 16.2. The highest BCUT2D eigenvalue weighted by Gasteiger charge is 2.48. The van der Waals surface area contributed by atoms with Crippen LogP contribution >= 0.6 is 0 Å². The van der Waals surface area contributed by atoms with Crippen molar-refractivity contribution in [3.05, 3.63) is 24.3 Å². The van der Waals surface area contributed by atoms with Crippen LogP contribution in [-0.2, 0) is 16.0 Å². The molecule has 1 spiro atoms. The molecule has 2 aliphatic rings. The molecule has 1 aromatic heterocycles. The molecule has 0 saturated carbocycles. The number of aromatic nitrogens is 2. The molecule has 0 unspecified atom stereocenters. The number of rotatable bonds is 3. The summed E-state index contributed by atoms with van der Waals surface area (Å²) in [7, 11) is 1.86. The summed E-state index contributed by atoms with van der Waals surface area (Å²) in [6, 6.07) is 0. The maximum Gasteiger partial charge on any atom is 0.230 e. The third kappa shape index (κ3) is 2.82. The molecule has 2 saturated heterocycles. The summed E-state index contributed by atoms with van der Waals surface area (Å²) in [5, 5.41) is 0. The van der Waals surface area contributed by atoms with E-state index in [1.165, 1.54) is 0 Å². The van der Waals surface area contributed by atoms with Gasteiger partial charge in [-0.1, -0.05) is 0 Å². The predicted molar refractivity (Wildman–Crippen MR) is 80.9 cm³/mol. The lowest BCUT2D eigenvalue weighted by molar-refractivity contribution is -0.144. The lowest BCUT2D eigenvalue weighted by Gasteiger charge is -2.37. The smallest absolute Gasteiger partial charge is 0.230 e. The van der Waals surface area contributed by atoms with Gasteiger partial charge in [-0.25, -0.2) is 0 Å². The van der Waals surface area contributed by atoms with Gasteiger partial charge in [0.25, 0.3) is 0 Å². The Morgan fingerprint density at radius 2 is 2.18 bits per heavy atom. The van der Waals surface area contributed by atoms with Gasteiger partial charge in [-0.15, -0.1) is 0 Å². The zero-order valence-electron chi connectivity index (χ0n) is 13.0. The normalized spacial score (nSPS) is 25.0. The first kappa shape index (κ1) is 14.9. The lowest BCUT2D eigenvalue weighted by Crippen LogP contribution is -2.48. The summed E-state index contributed by atoms with van der Waals surface area (Å²) < 4.78 is 0. The van der Waals surface area contributed by atoms with Crippen LogP contribution in [0.5, 0.6) is 0 Å². The highest BCUT2D eigenvalue weighted by molar-refractivity contribution is 5.86. The van der Waals surface area contributed by atoms with Crippen LogP contribution in [0.3, 0.4) is 0 Å². The van der Waals surface area contributed by atoms with E-state index in [1.54, 1.807) is 18.6 Å². The Kier molecular flexibility index (Phi) is 4.09. The molecular weight excluding hydrogens is 280 g/mol. The van der Waals surface area contributed by atoms with Gasteiger partial charge in [-0.3, -0.25) is 19.6 Å². The second-order valence-electron chi connectivity index (χ2n) is 6.37. The monoisotopic (exact) mass is 302 g/mol. The number of carbonyl (C=O) groups excluding carboxylic acids is 2. The predicted octanol–water partition coefficient (Wildman–Crippen LogP) is 0.880. The molecule has 0 radical (unpaired) electrons. The van der Waals surface area contributed by atoms with Gasteiger partial charge in [0.15, 0.2) is 0 Å². The average molecular weight is 302 g/mol. The molecule has 118 valence electrons. The first-order chi connectivity index (χ1) is 10.6. The van der Waals surface area contributed by atoms with Crippen molar-refractivity contribution in [1.29, 1.82) is 0 Å². The van der Waals surface area contributed by atoms with E-state index in [1.807, 2.05) is 16.8 Å². The van der Waals surface area contributed by atoms with Gasteiger partial charge in [-0.05, 0) is 25.7 Å². The number of aryl methyl sites for hydroxylation is 1. The summed E-state index contributed by atoms with van der Waals surface area (Å²) in [5.41, 5.74) is 0.508. The summed E-state index contributed by atoms with van der Waals surface area (Å²) >= 11 is 0. The first-order valence-electron chi connectivity index (χ1n) is 7.89. The van der Waals surface area contributed by atoms with Gasteiger partial charge in [-0.2, -0.15) is 0 Å². The van der Waals surface area contributed by atoms with Crippen LogP contribution in [0, 0.1) is 5.41 Å². The summed E-state index contributed by atoms with van der Waals surface area (Å²) in [4.78, 5) is 36.7. The van der Waals surface area contributed by atoms with E-state index in [2.05, 4.69) is 9.97 Å². The third-order valence-electron chi connectivity index (χ3n) is 4.87. The van der Waals surface area contributed by atoms with Crippen LogP contribution < -0.4 is 0 Å². The number of amides is 2. The second kappa shape index (κ2) is 6.02. The van der Waals surface area contributed by atoms with Crippen molar-refractivity contribution in [2.24, 2.45) is 5.41 Å². The van der Waals surface area contributed by atoms with E-state index in [4.69, 9.17) is 0 Å². The van der Waals surface area contributed by atoms with Crippen LogP contribution in [0.15, 0.2) is 18.6 Å². The van der Waals surface area contributed by atoms with Crippen molar-refractivity contribution in [2.45, 2.75) is 32.1 Å². The van der Waals surface area contributed by atoms with Crippen molar-refractivity contribution in [3.63, 3.8) is 0 Å². The first-order valence-corrected chi connectivity index (χ1v) is 7.89. The lowest BCUT2D eigenvalue weighted by atomic mass is 9.78. The van der Waals surface area contributed by atoms with Gasteiger partial charge in [0.1, 0.15) is 0 Å². The molecule has 6 nitrogen and oxygen atoms in total. The number of hydrogen-bond acceptors (Lipinski definition) is 4. The Morgan fingerprint density at radius 1 is 1.32 bits per heavy atom. The number of carbonyl (C=O) groups is 2. The molecule has 0 bridgehead atoms. The van der Waals surface area contributed by atoms with Crippen molar-refractivity contribution in [1.82, 2.24) is 19.8 Å². The van der Waals surface area contributed by atoms with Crippen molar-refractivity contribution < 1.29 is 9.59 Å². The van der Waals surface area contributed by atoms with Crippen molar-refractivity contribution in [3.8, 4) is 0 Å². The molecule has 22 heavy (non-hydrogen) atoms. The van der Waals surface area contributed by atoms with E-state index >= 15 is 0 Å². The minimum Gasteiger partial charge on any atom is -0.345 e. The van der Waals surface area contributed by atoms with Gasteiger partial charge in [0.2, 0.25) is 11.8 Å². The topological polar surface area (TPSA) is 66.4 Å². The molecule has 6 heteroatoms. The Labute approximate surface area is 130 Å². The molecule has 0 aliphatic carbocycles. The van der Waals surface area contributed by atoms with E-state index in [9.17, 15) is 9.59 Å². The van der Waals surface area contributed by atoms with Crippen LogP contribution in [-0.4, -0.2) is 58.3 Å².